The van der Waals surface area contributed by atoms with Crippen LogP contribution in [0.1, 0.15) is 36.0 Å². The molecule has 0 radical (unpaired) electrons. The number of carbonyl (C=O) groups excluding carboxylic acids is 2. The van der Waals surface area contributed by atoms with E-state index in [9.17, 15) is 14.0 Å². The summed E-state index contributed by atoms with van der Waals surface area (Å²) in [4.78, 5) is 29.0. The zero-order valence-electron chi connectivity index (χ0n) is 16.6. The highest BCUT2D eigenvalue weighted by Gasteiger charge is 2.25. The highest BCUT2D eigenvalue weighted by atomic mass is 32.2. The molecule has 1 aromatic heterocycles. The summed E-state index contributed by atoms with van der Waals surface area (Å²) in [5, 5.41) is 14.5. The number of hydrogen-bond acceptors (Lipinski definition) is 6. The first-order chi connectivity index (χ1) is 14.5. The molecule has 30 heavy (non-hydrogen) atoms. The fourth-order valence-electron chi connectivity index (χ4n) is 3.37. The highest BCUT2D eigenvalue weighted by molar-refractivity contribution is 7.98. The fraction of sp³-hybridized carbons (Fsp3) is 0.381. The quantitative estimate of drug-likeness (QED) is 0.581. The van der Waals surface area contributed by atoms with E-state index < -0.39 is 24.2 Å². The molecule has 2 amide bonds. The molecule has 1 aromatic carbocycles. The van der Waals surface area contributed by atoms with Gasteiger partial charge in [0.05, 0.1) is 6.20 Å². The topological polar surface area (TPSA) is 101 Å². The van der Waals surface area contributed by atoms with Crippen LogP contribution in [0.5, 0.6) is 11.6 Å². The van der Waals surface area contributed by atoms with Gasteiger partial charge in [0.25, 0.3) is 5.91 Å². The minimum Gasteiger partial charge on any atom is -0.438 e. The van der Waals surface area contributed by atoms with Crippen molar-refractivity contribution in [1.82, 2.24) is 15.6 Å². The van der Waals surface area contributed by atoms with Crippen LogP contribution in [0.4, 0.5) is 4.39 Å². The van der Waals surface area contributed by atoms with Crippen molar-refractivity contribution in [1.29, 1.82) is 0 Å². The van der Waals surface area contributed by atoms with Crippen LogP contribution in [-0.4, -0.2) is 46.9 Å². The third-order valence-electron chi connectivity index (χ3n) is 4.89. The maximum atomic E-state index is 13.8. The summed E-state index contributed by atoms with van der Waals surface area (Å²) < 4.78 is 19.6. The van der Waals surface area contributed by atoms with Crippen LogP contribution in [0.25, 0.3) is 0 Å². The Morgan fingerprint density at radius 1 is 1.20 bits per heavy atom. The Balaban J connectivity index is 1.66. The van der Waals surface area contributed by atoms with Crippen molar-refractivity contribution in [3.8, 4) is 11.6 Å². The van der Waals surface area contributed by atoms with E-state index in [1.54, 1.807) is 17.8 Å². The first-order valence-electron chi connectivity index (χ1n) is 9.67. The van der Waals surface area contributed by atoms with Crippen molar-refractivity contribution in [3.63, 3.8) is 0 Å². The molecule has 7 nitrogen and oxygen atoms in total. The Kier molecular flexibility index (Phi) is 7.64. The second-order valence-electron chi connectivity index (χ2n) is 7.03. The molecule has 0 spiro atoms. The molecule has 2 aromatic rings. The maximum absolute atomic E-state index is 13.8. The number of aromatic nitrogens is 1. The van der Waals surface area contributed by atoms with Crippen LogP contribution in [0.15, 0.2) is 41.4 Å². The molecule has 1 aliphatic rings. The van der Waals surface area contributed by atoms with Crippen molar-refractivity contribution in [2.24, 2.45) is 0 Å². The van der Waals surface area contributed by atoms with Gasteiger partial charge >= 0.3 is 0 Å². The van der Waals surface area contributed by atoms with Crippen LogP contribution in [0.3, 0.4) is 0 Å². The average Bonchev–Trinajstić information content (AvgIpc) is 2.76. The SMILES string of the molecule is CSc1cccc(Oc2ncc(F)cc2C(=O)N[C@H]2CC[C@@H](NC(=O)CO)CC2)c1. The maximum Gasteiger partial charge on any atom is 0.257 e. The van der Waals surface area contributed by atoms with Gasteiger partial charge in [-0.1, -0.05) is 6.07 Å². The minimum atomic E-state index is -0.624. The predicted octanol–water partition coefficient (Wildman–Crippen LogP) is 2.88. The second kappa shape index (κ2) is 10.4. The number of aliphatic hydroxyl groups excluding tert-OH is 1. The molecule has 0 aliphatic heterocycles. The van der Waals surface area contributed by atoms with Gasteiger partial charge in [0.1, 0.15) is 23.7 Å². The molecule has 1 saturated carbocycles. The lowest BCUT2D eigenvalue weighted by Gasteiger charge is -2.29. The summed E-state index contributed by atoms with van der Waals surface area (Å²) in [5.41, 5.74) is 0.0280. The number of benzene rings is 1. The number of nitrogens with zero attached hydrogens (tertiary/aromatic N) is 1. The number of thioether (sulfide) groups is 1. The molecule has 9 heteroatoms. The molecule has 1 heterocycles. The molecule has 3 rings (SSSR count). The van der Waals surface area contributed by atoms with Crippen molar-refractivity contribution in [3.05, 3.63) is 47.9 Å². The number of carbonyl (C=O) groups is 2. The van der Waals surface area contributed by atoms with Crippen LogP contribution in [-0.2, 0) is 4.79 Å². The Morgan fingerprint density at radius 3 is 2.57 bits per heavy atom. The van der Waals surface area contributed by atoms with E-state index in [2.05, 4.69) is 15.6 Å². The molecule has 160 valence electrons. The summed E-state index contributed by atoms with van der Waals surface area (Å²) in [6.45, 7) is -0.536. The molecular weight excluding hydrogens is 409 g/mol. The van der Waals surface area contributed by atoms with Gasteiger partial charge in [-0.15, -0.1) is 11.8 Å². The number of aliphatic hydroxyl groups is 1. The summed E-state index contributed by atoms with van der Waals surface area (Å²) in [5.74, 6) is -0.937. The Bertz CT molecular complexity index is 904. The average molecular weight is 434 g/mol. The number of ether oxygens (including phenoxy) is 1. The van der Waals surface area contributed by atoms with Crippen LogP contribution >= 0.6 is 11.8 Å². The van der Waals surface area contributed by atoms with Gasteiger partial charge in [-0.05, 0) is 56.2 Å². The van der Waals surface area contributed by atoms with E-state index >= 15 is 0 Å². The lowest BCUT2D eigenvalue weighted by atomic mass is 9.91. The number of hydrogen-bond donors (Lipinski definition) is 3. The van der Waals surface area contributed by atoms with Gasteiger partial charge in [-0.25, -0.2) is 9.37 Å². The second-order valence-corrected chi connectivity index (χ2v) is 7.91. The summed E-state index contributed by atoms with van der Waals surface area (Å²) in [6, 6.07) is 8.32. The van der Waals surface area contributed by atoms with Crippen molar-refractivity contribution >= 4 is 23.6 Å². The molecule has 1 fully saturated rings. The van der Waals surface area contributed by atoms with Gasteiger partial charge < -0.3 is 20.5 Å². The van der Waals surface area contributed by atoms with E-state index in [0.717, 1.165) is 17.2 Å². The normalized spacial score (nSPS) is 18.5. The Morgan fingerprint density at radius 2 is 1.90 bits per heavy atom. The smallest absolute Gasteiger partial charge is 0.257 e. The standard InChI is InChI=1S/C21H24FN3O4S/c1-30-17-4-2-3-16(10-17)29-21-18(9-13(22)11-23-21)20(28)25-15-7-5-14(6-8-15)24-19(27)12-26/h2-4,9-11,14-15,26H,5-8,12H2,1H3,(H,24,27)(H,25,28)/t14-,15+. The van der Waals surface area contributed by atoms with E-state index in [4.69, 9.17) is 9.84 Å². The largest absolute Gasteiger partial charge is 0.438 e. The number of nitrogens with one attached hydrogen (secondary N) is 2. The molecule has 0 unspecified atom stereocenters. The molecule has 0 saturated heterocycles. The summed E-state index contributed by atoms with van der Waals surface area (Å²) in [6.07, 6.45) is 5.65. The lowest BCUT2D eigenvalue weighted by Crippen LogP contribution is -2.44. The third-order valence-corrected chi connectivity index (χ3v) is 5.61. The van der Waals surface area contributed by atoms with Crippen molar-refractivity contribution < 1.29 is 23.8 Å². The first kappa shape index (κ1) is 22.0. The molecule has 0 atom stereocenters. The van der Waals surface area contributed by atoms with E-state index in [-0.39, 0.29) is 23.5 Å². The molecular formula is C21H24FN3O4S. The molecule has 0 bridgehead atoms. The summed E-state index contributed by atoms with van der Waals surface area (Å²) in [7, 11) is 0. The van der Waals surface area contributed by atoms with Gasteiger partial charge in [0.15, 0.2) is 0 Å². The van der Waals surface area contributed by atoms with E-state index in [0.29, 0.717) is 31.4 Å². The number of halogens is 1. The van der Waals surface area contributed by atoms with Crippen LogP contribution in [0.2, 0.25) is 0 Å². The minimum absolute atomic E-state index is 0.0174. The first-order valence-corrected chi connectivity index (χ1v) is 10.9. The molecule has 3 N–H and O–H groups in total. The van der Waals surface area contributed by atoms with Gasteiger partial charge in [-0.2, -0.15) is 0 Å². The van der Waals surface area contributed by atoms with E-state index in [1.165, 1.54) is 0 Å². The van der Waals surface area contributed by atoms with Gasteiger partial charge in [0, 0.05) is 17.0 Å². The zero-order valence-corrected chi connectivity index (χ0v) is 17.4. The summed E-state index contributed by atoms with van der Waals surface area (Å²) >= 11 is 1.56. The van der Waals surface area contributed by atoms with Crippen LogP contribution < -0.4 is 15.4 Å². The van der Waals surface area contributed by atoms with Crippen molar-refractivity contribution in [2.45, 2.75) is 42.7 Å². The zero-order chi connectivity index (χ0) is 21.5. The highest BCUT2D eigenvalue weighted by Crippen LogP contribution is 2.27. The van der Waals surface area contributed by atoms with Crippen LogP contribution in [0, 0.1) is 5.82 Å². The number of pyridine rings is 1. The third kappa shape index (κ3) is 5.93. The lowest BCUT2D eigenvalue weighted by molar-refractivity contribution is -0.124. The monoisotopic (exact) mass is 433 g/mol. The van der Waals surface area contributed by atoms with Gasteiger partial charge in [0.2, 0.25) is 11.8 Å². The number of rotatable bonds is 7. The Hall–Kier alpha value is -2.65. The van der Waals surface area contributed by atoms with Gasteiger partial charge in [-0.3, -0.25) is 9.59 Å². The molecule has 1 aliphatic carbocycles. The predicted molar refractivity (Wildman–Crippen MR) is 111 cm³/mol. The fourth-order valence-corrected chi connectivity index (χ4v) is 3.81. The number of amides is 2. The van der Waals surface area contributed by atoms with E-state index in [1.807, 2.05) is 24.5 Å². The van der Waals surface area contributed by atoms with Crippen molar-refractivity contribution in [2.75, 3.05) is 12.9 Å². The Labute approximate surface area is 178 Å².